The molecule has 10 aromatic rings. The van der Waals surface area contributed by atoms with Crippen molar-refractivity contribution in [3.63, 3.8) is 0 Å². The fourth-order valence-corrected chi connectivity index (χ4v) is 12.3. The minimum Gasteiger partial charge on any atom is -0.308 e. The zero-order valence-electron chi connectivity index (χ0n) is 58.6. The first-order valence-corrected chi connectivity index (χ1v) is 32.6. The maximum atomic E-state index is 10.8. The monoisotopic (exact) mass is 1170 g/mol. The Bertz CT molecular complexity index is 3850. The Balaban J connectivity index is 1.28. The van der Waals surface area contributed by atoms with E-state index in [-0.39, 0.29) is 43.3 Å². The summed E-state index contributed by atoms with van der Waals surface area (Å²) in [6.07, 6.45) is 0. The van der Waals surface area contributed by atoms with E-state index in [0.29, 0.717) is 5.56 Å². The van der Waals surface area contributed by atoms with Gasteiger partial charge in [-0.2, -0.15) is 5.26 Å². The van der Waals surface area contributed by atoms with Crippen LogP contribution in [0.5, 0.6) is 0 Å². The summed E-state index contributed by atoms with van der Waals surface area (Å²) in [7, 11) is 0. The van der Waals surface area contributed by atoms with Crippen LogP contribution < -0.4 is 0 Å². The number of hydrogen-bond acceptors (Lipinski definition) is 1. The van der Waals surface area contributed by atoms with Crippen molar-refractivity contribution in [1.82, 2.24) is 4.57 Å². The van der Waals surface area contributed by atoms with Gasteiger partial charge >= 0.3 is 0 Å². The second-order valence-electron chi connectivity index (χ2n) is 34.2. The Hall–Kier alpha value is -7.73. The second-order valence-corrected chi connectivity index (χ2v) is 34.2. The Morgan fingerprint density at radius 3 is 0.674 bits per heavy atom. The predicted molar refractivity (Wildman–Crippen MR) is 388 cm³/mol. The average Bonchev–Trinajstić information content (AvgIpc) is 1.67. The number of aromatic nitrogens is 1. The van der Waals surface area contributed by atoms with E-state index in [4.69, 9.17) is 0 Å². The molecule has 0 radical (unpaired) electrons. The lowest BCUT2D eigenvalue weighted by atomic mass is 9.77. The van der Waals surface area contributed by atoms with Gasteiger partial charge in [0.1, 0.15) is 6.07 Å². The van der Waals surface area contributed by atoms with Gasteiger partial charge in [0.2, 0.25) is 0 Å². The molecule has 0 N–H and O–H groups in total. The lowest BCUT2D eigenvalue weighted by Crippen LogP contribution is -2.16. The highest BCUT2D eigenvalue weighted by Gasteiger charge is 2.28. The van der Waals surface area contributed by atoms with Crippen LogP contribution in [0.4, 0.5) is 0 Å². The van der Waals surface area contributed by atoms with Crippen LogP contribution in [0.15, 0.2) is 170 Å². The summed E-state index contributed by atoms with van der Waals surface area (Å²) in [5.74, 6) is 0. The molecule has 1 aromatic heterocycles. The van der Waals surface area contributed by atoms with Crippen molar-refractivity contribution in [2.24, 2.45) is 0 Å². The van der Waals surface area contributed by atoms with Crippen molar-refractivity contribution in [2.45, 2.75) is 209 Å². The zero-order chi connectivity index (χ0) is 65.1. The lowest BCUT2D eigenvalue weighted by Gasteiger charge is -2.27. The first kappa shape index (κ1) is 64.3. The average molecular weight is 1170 g/mol. The van der Waals surface area contributed by atoms with Gasteiger partial charge in [0, 0.05) is 10.8 Å². The van der Waals surface area contributed by atoms with Gasteiger partial charge < -0.3 is 4.57 Å². The summed E-state index contributed by atoms with van der Waals surface area (Å²) in [5.41, 5.74) is 28.1. The molecule has 0 aliphatic heterocycles. The Kier molecular flexibility index (Phi) is 16.1. The number of nitriles is 1. The largest absolute Gasteiger partial charge is 0.308 e. The highest BCUT2D eigenvalue weighted by molar-refractivity contribution is 6.12. The maximum Gasteiger partial charge on any atom is 0.101 e. The first-order chi connectivity index (χ1) is 41.0. The number of benzene rings is 9. The molecule has 10 rings (SSSR count). The van der Waals surface area contributed by atoms with Gasteiger partial charge in [-0.15, -0.1) is 0 Å². The molecule has 0 unspecified atom stereocenters. The third-order valence-electron chi connectivity index (χ3n) is 18.6. The molecule has 0 amide bonds. The van der Waals surface area contributed by atoms with Crippen LogP contribution in [0.3, 0.4) is 0 Å². The molecule has 0 saturated carbocycles. The van der Waals surface area contributed by atoms with E-state index in [1.54, 1.807) is 0 Å². The van der Waals surface area contributed by atoms with Crippen LogP contribution in [0.2, 0.25) is 0 Å². The summed E-state index contributed by atoms with van der Waals surface area (Å²) in [5, 5.41) is 13.0. The van der Waals surface area contributed by atoms with E-state index in [2.05, 4.69) is 335 Å². The van der Waals surface area contributed by atoms with Crippen molar-refractivity contribution in [2.75, 3.05) is 0 Å². The third kappa shape index (κ3) is 13.4. The molecule has 0 fully saturated rings. The van der Waals surface area contributed by atoms with Gasteiger partial charge in [0.15, 0.2) is 0 Å². The molecular weight excluding hydrogens is 1070 g/mol. The Labute approximate surface area is 536 Å². The van der Waals surface area contributed by atoms with Gasteiger partial charge in [0.05, 0.1) is 22.3 Å². The van der Waals surface area contributed by atoms with Gasteiger partial charge in [-0.25, -0.2) is 0 Å². The third-order valence-corrected chi connectivity index (χ3v) is 18.6. The normalized spacial score (nSPS) is 13.2. The molecule has 458 valence electrons. The van der Waals surface area contributed by atoms with Crippen molar-refractivity contribution in [3.05, 3.63) is 220 Å². The van der Waals surface area contributed by atoms with Crippen LogP contribution >= 0.6 is 0 Å². The highest BCUT2D eigenvalue weighted by atomic mass is 15.0. The maximum absolute atomic E-state index is 10.8. The van der Waals surface area contributed by atoms with Gasteiger partial charge in [-0.1, -0.05) is 263 Å². The summed E-state index contributed by atoms with van der Waals surface area (Å²) < 4.78 is 2.32. The lowest BCUT2D eigenvalue weighted by molar-refractivity contribution is 0.568. The summed E-state index contributed by atoms with van der Waals surface area (Å²) in [6, 6.07) is 68.5. The van der Waals surface area contributed by atoms with Crippen LogP contribution in [0.1, 0.15) is 216 Å². The molecule has 2 nitrogen and oxygen atoms in total. The van der Waals surface area contributed by atoms with E-state index in [0.717, 1.165) is 49.7 Å². The van der Waals surface area contributed by atoms with Crippen molar-refractivity contribution in [3.8, 4) is 78.5 Å². The number of fused-ring (bicyclic) bond motifs is 3. The molecule has 89 heavy (non-hydrogen) atoms. The molecule has 0 bridgehead atoms. The van der Waals surface area contributed by atoms with Crippen LogP contribution in [-0.2, 0) is 43.3 Å². The van der Waals surface area contributed by atoms with E-state index in [9.17, 15) is 5.26 Å². The van der Waals surface area contributed by atoms with Crippen molar-refractivity contribution in [1.29, 1.82) is 5.26 Å². The van der Waals surface area contributed by atoms with Crippen LogP contribution in [0.25, 0.3) is 94.3 Å². The minimum absolute atomic E-state index is 0.0511. The van der Waals surface area contributed by atoms with Crippen molar-refractivity contribution < 1.29 is 0 Å². The molecule has 0 saturated heterocycles. The smallest absolute Gasteiger partial charge is 0.101 e. The minimum atomic E-state index is -0.0511. The second kappa shape index (κ2) is 22.3. The molecule has 9 aromatic carbocycles. The zero-order valence-corrected chi connectivity index (χ0v) is 58.6. The molecule has 0 spiro atoms. The van der Waals surface area contributed by atoms with Crippen molar-refractivity contribution >= 4 is 21.8 Å². The van der Waals surface area contributed by atoms with Gasteiger partial charge in [-0.3, -0.25) is 0 Å². The van der Waals surface area contributed by atoms with E-state index in [1.807, 2.05) is 12.1 Å². The summed E-state index contributed by atoms with van der Waals surface area (Å²) in [6.45, 7) is 55.9. The van der Waals surface area contributed by atoms with E-state index in [1.165, 1.54) is 89.0 Å². The van der Waals surface area contributed by atoms with Gasteiger partial charge in [-0.05, 0) is 227 Å². The Morgan fingerprint density at radius 1 is 0.236 bits per heavy atom. The fraction of sp³-hybridized carbons (Fsp3) is 0.368. The summed E-state index contributed by atoms with van der Waals surface area (Å²) in [4.78, 5) is 0. The molecule has 0 atom stereocenters. The van der Waals surface area contributed by atoms with Gasteiger partial charge in [0.25, 0.3) is 0 Å². The molecule has 0 aliphatic carbocycles. The SMILES string of the molecule is CC(C)(C)c1cc(-c2cc(-c3cc(C(C)(C)C)cc(C(C)(C)C)c3)cc(-c3ccc4c(c3)c3cc(-c5cc(-c6cc(C(C)(C)C)cc(C(C)(C)C)c6)cc(-c6cc(C(C)(C)C)cc(C(C)(C)C)c6)c5)ccc3n4-c3ccccc3C#N)c2)cc(C(C)(C)C)c1. The number of rotatable bonds is 7. The quantitative estimate of drug-likeness (QED) is 0.156. The van der Waals surface area contributed by atoms with Crippen LogP contribution in [-0.4, -0.2) is 4.57 Å². The number of nitrogens with zero attached hydrogens (tertiary/aromatic N) is 2. The van der Waals surface area contributed by atoms with E-state index < -0.39 is 0 Å². The Morgan fingerprint density at radius 2 is 0.449 bits per heavy atom. The van der Waals surface area contributed by atoms with Crippen LogP contribution in [0, 0.1) is 11.3 Å². The standard InChI is InChI=1S/C87H100N2/c1-80(2,3)67-39-63(40-68(49-67)81(4,5)6)59-33-57(34-60(37-59)64-41-69(82(7,8)9)50-70(42-64)83(10,11)12)54-29-31-78-75(47-54)76-48-55(30-32-79(76)89(78)77-28-26-25-27-56(77)53-88)58-35-61(65-43-71(84(13,14)15)51-72(44-65)85(16,17)18)38-62(36-58)66-45-73(86(19,20)21)52-74(46-66)87(22,23)24/h25-52H,1-24H3. The topological polar surface area (TPSA) is 28.7 Å². The fourth-order valence-electron chi connectivity index (χ4n) is 12.3. The molecule has 1 heterocycles. The number of hydrogen-bond donors (Lipinski definition) is 0. The predicted octanol–water partition coefficient (Wildman–Crippen LogP) is 25.0. The number of para-hydroxylation sites is 1. The first-order valence-electron chi connectivity index (χ1n) is 32.6. The summed E-state index contributed by atoms with van der Waals surface area (Å²) >= 11 is 0. The molecular formula is C87H100N2. The van der Waals surface area contributed by atoms with E-state index >= 15 is 0 Å². The molecule has 0 aliphatic rings. The molecule has 2 heteroatoms. The highest BCUT2D eigenvalue weighted by Crippen LogP contribution is 2.45.